The van der Waals surface area contributed by atoms with Gasteiger partial charge in [0.15, 0.2) is 0 Å². The minimum atomic E-state index is -0.972. The molecule has 1 amide bonds. The molecule has 0 spiro atoms. The Labute approximate surface area is 148 Å². The molecule has 24 heavy (non-hydrogen) atoms. The summed E-state index contributed by atoms with van der Waals surface area (Å²) >= 11 is 0. The van der Waals surface area contributed by atoms with E-state index < -0.39 is 5.97 Å². The van der Waals surface area contributed by atoms with Crippen molar-refractivity contribution in [1.82, 2.24) is 5.32 Å². The summed E-state index contributed by atoms with van der Waals surface area (Å²) in [5.74, 6) is -1.06. The Bertz CT molecular complexity index is 318. The van der Waals surface area contributed by atoms with Crippen LogP contribution in [0.15, 0.2) is 0 Å². The highest BCUT2D eigenvalue weighted by molar-refractivity contribution is 5.82. The molecule has 0 aromatic carbocycles. The van der Waals surface area contributed by atoms with Crippen LogP contribution < -0.4 is 5.32 Å². The molecule has 0 saturated carbocycles. The van der Waals surface area contributed by atoms with Crippen molar-refractivity contribution in [2.45, 2.75) is 104 Å². The number of carboxylic acids is 1. The number of nitrogens with one attached hydrogen (secondary N) is 1. The third-order valence-electron chi connectivity index (χ3n) is 4.60. The van der Waals surface area contributed by atoms with Gasteiger partial charge in [0.1, 0.15) is 6.54 Å². The van der Waals surface area contributed by atoms with E-state index in [9.17, 15) is 9.59 Å². The quantitative estimate of drug-likeness (QED) is 0.353. The SMILES string of the molecule is CCCCCCCCCCC(CCCCCC)C(=O)NCC(=O)O. The summed E-state index contributed by atoms with van der Waals surface area (Å²) in [6.07, 6.45) is 16.5. The van der Waals surface area contributed by atoms with Gasteiger partial charge >= 0.3 is 5.97 Å². The summed E-state index contributed by atoms with van der Waals surface area (Å²) in [7, 11) is 0. The number of carboxylic acid groups (broad SMARTS) is 1. The number of carbonyl (C=O) groups is 2. The Morgan fingerprint density at radius 1 is 0.750 bits per heavy atom. The van der Waals surface area contributed by atoms with Gasteiger partial charge in [0.25, 0.3) is 0 Å². The van der Waals surface area contributed by atoms with E-state index in [1.165, 1.54) is 57.8 Å². The van der Waals surface area contributed by atoms with E-state index in [2.05, 4.69) is 19.2 Å². The molecule has 0 aliphatic heterocycles. The van der Waals surface area contributed by atoms with E-state index in [1.807, 2.05) is 0 Å². The predicted molar refractivity (Wildman–Crippen MR) is 100 cm³/mol. The van der Waals surface area contributed by atoms with Crippen LogP contribution in [0.3, 0.4) is 0 Å². The number of hydrogen-bond acceptors (Lipinski definition) is 2. The number of unbranched alkanes of at least 4 members (excludes halogenated alkanes) is 10. The van der Waals surface area contributed by atoms with Crippen LogP contribution in [0.25, 0.3) is 0 Å². The second kappa shape index (κ2) is 16.8. The molecule has 0 bridgehead atoms. The van der Waals surface area contributed by atoms with Crippen molar-refractivity contribution in [3.63, 3.8) is 0 Å². The minimum absolute atomic E-state index is 0.0127. The molecular formula is C20H39NO3. The molecule has 0 aliphatic rings. The van der Waals surface area contributed by atoms with E-state index in [4.69, 9.17) is 5.11 Å². The second-order valence-corrected chi connectivity index (χ2v) is 6.92. The number of amides is 1. The third-order valence-corrected chi connectivity index (χ3v) is 4.60. The molecular weight excluding hydrogens is 302 g/mol. The lowest BCUT2D eigenvalue weighted by Gasteiger charge is -2.16. The summed E-state index contributed by atoms with van der Waals surface area (Å²) in [4.78, 5) is 22.8. The average molecular weight is 342 g/mol. The Kier molecular flexibility index (Phi) is 16.0. The van der Waals surface area contributed by atoms with Crippen LogP contribution in [-0.4, -0.2) is 23.5 Å². The zero-order valence-corrected chi connectivity index (χ0v) is 15.9. The highest BCUT2D eigenvalue weighted by Gasteiger charge is 2.18. The van der Waals surface area contributed by atoms with E-state index in [1.54, 1.807) is 0 Å². The fourth-order valence-corrected chi connectivity index (χ4v) is 3.06. The maximum absolute atomic E-state index is 12.2. The molecule has 142 valence electrons. The predicted octanol–water partition coefficient (Wildman–Crippen LogP) is 5.30. The molecule has 0 aromatic rings. The average Bonchev–Trinajstić information content (AvgIpc) is 2.56. The van der Waals surface area contributed by atoms with Crippen LogP contribution in [0.2, 0.25) is 0 Å². The monoisotopic (exact) mass is 341 g/mol. The molecule has 2 N–H and O–H groups in total. The Balaban J connectivity index is 3.95. The largest absolute Gasteiger partial charge is 0.480 e. The maximum Gasteiger partial charge on any atom is 0.322 e. The summed E-state index contributed by atoms with van der Waals surface area (Å²) in [6, 6.07) is 0. The van der Waals surface area contributed by atoms with E-state index >= 15 is 0 Å². The van der Waals surface area contributed by atoms with Gasteiger partial charge in [-0.05, 0) is 12.8 Å². The van der Waals surface area contributed by atoms with Crippen molar-refractivity contribution in [3.05, 3.63) is 0 Å². The Hall–Kier alpha value is -1.06. The van der Waals surface area contributed by atoms with Crippen LogP contribution in [0, 0.1) is 5.92 Å². The van der Waals surface area contributed by atoms with Crippen molar-refractivity contribution in [3.8, 4) is 0 Å². The molecule has 1 unspecified atom stereocenters. The normalized spacial score (nSPS) is 12.1. The molecule has 0 rings (SSSR count). The number of hydrogen-bond donors (Lipinski definition) is 2. The van der Waals surface area contributed by atoms with Gasteiger partial charge in [-0.25, -0.2) is 0 Å². The molecule has 0 aliphatic carbocycles. The number of rotatable bonds is 17. The second-order valence-electron chi connectivity index (χ2n) is 6.92. The topological polar surface area (TPSA) is 66.4 Å². The maximum atomic E-state index is 12.2. The third kappa shape index (κ3) is 14.5. The standard InChI is InChI=1S/C20H39NO3/c1-3-5-7-9-10-11-12-14-16-18(15-13-8-6-4-2)20(24)21-17-19(22)23/h18H,3-17H2,1-2H3,(H,21,24)(H,22,23). The van der Waals surface area contributed by atoms with Gasteiger partial charge in [-0.15, -0.1) is 0 Å². The highest BCUT2D eigenvalue weighted by atomic mass is 16.4. The zero-order valence-electron chi connectivity index (χ0n) is 15.9. The number of carbonyl (C=O) groups excluding carboxylic acids is 1. The van der Waals surface area contributed by atoms with Gasteiger partial charge in [0, 0.05) is 5.92 Å². The fourth-order valence-electron chi connectivity index (χ4n) is 3.06. The van der Waals surface area contributed by atoms with Crippen molar-refractivity contribution in [2.75, 3.05) is 6.54 Å². The number of aliphatic carboxylic acids is 1. The van der Waals surface area contributed by atoms with Crippen LogP contribution in [0.5, 0.6) is 0 Å². The lowest BCUT2D eigenvalue weighted by Crippen LogP contribution is -2.34. The summed E-state index contributed by atoms with van der Waals surface area (Å²) in [5, 5.41) is 11.3. The first-order valence-corrected chi connectivity index (χ1v) is 10.1. The van der Waals surface area contributed by atoms with Gasteiger partial charge in [-0.3, -0.25) is 9.59 Å². The van der Waals surface area contributed by atoms with Crippen molar-refractivity contribution in [1.29, 1.82) is 0 Å². The van der Waals surface area contributed by atoms with Crippen LogP contribution in [0.1, 0.15) is 104 Å². The van der Waals surface area contributed by atoms with Crippen molar-refractivity contribution < 1.29 is 14.7 Å². The lowest BCUT2D eigenvalue weighted by molar-refractivity contribution is -0.138. The van der Waals surface area contributed by atoms with E-state index in [0.29, 0.717) is 0 Å². The Morgan fingerprint density at radius 3 is 1.62 bits per heavy atom. The summed E-state index contributed by atoms with van der Waals surface area (Å²) < 4.78 is 0. The molecule has 0 aromatic heterocycles. The van der Waals surface area contributed by atoms with Crippen LogP contribution in [-0.2, 0) is 9.59 Å². The minimum Gasteiger partial charge on any atom is -0.480 e. The smallest absolute Gasteiger partial charge is 0.322 e. The summed E-state index contributed by atoms with van der Waals surface area (Å²) in [5.41, 5.74) is 0. The first kappa shape index (κ1) is 22.9. The highest BCUT2D eigenvalue weighted by Crippen LogP contribution is 2.19. The van der Waals surface area contributed by atoms with Crippen LogP contribution >= 0.6 is 0 Å². The molecule has 0 fully saturated rings. The van der Waals surface area contributed by atoms with E-state index in [0.717, 1.165) is 32.1 Å². The Morgan fingerprint density at radius 2 is 1.17 bits per heavy atom. The van der Waals surface area contributed by atoms with Gasteiger partial charge in [0.2, 0.25) is 5.91 Å². The van der Waals surface area contributed by atoms with E-state index in [-0.39, 0.29) is 18.4 Å². The van der Waals surface area contributed by atoms with Gasteiger partial charge in [-0.1, -0.05) is 90.9 Å². The molecule has 0 heterocycles. The van der Waals surface area contributed by atoms with Crippen molar-refractivity contribution in [2.24, 2.45) is 5.92 Å². The molecule has 0 radical (unpaired) electrons. The molecule has 0 saturated heterocycles. The van der Waals surface area contributed by atoms with Gasteiger partial charge < -0.3 is 10.4 Å². The zero-order chi connectivity index (χ0) is 18.0. The van der Waals surface area contributed by atoms with Gasteiger partial charge in [0.05, 0.1) is 0 Å². The molecule has 1 atom stereocenters. The van der Waals surface area contributed by atoms with Crippen LogP contribution in [0.4, 0.5) is 0 Å². The first-order chi connectivity index (χ1) is 11.6. The lowest BCUT2D eigenvalue weighted by atomic mass is 9.93. The fraction of sp³-hybridized carbons (Fsp3) is 0.900. The molecule has 4 heteroatoms. The summed E-state index contributed by atoms with van der Waals surface area (Å²) in [6.45, 7) is 4.15. The molecule has 4 nitrogen and oxygen atoms in total. The van der Waals surface area contributed by atoms with Gasteiger partial charge in [-0.2, -0.15) is 0 Å². The first-order valence-electron chi connectivity index (χ1n) is 10.1. The van der Waals surface area contributed by atoms with Crippen molar-refractivity contribution >= 4 is 11.9 Å².